The van der Waals surface area contributed by atoms with E-state index in [-0.39, 0.29) is 17.7 Å². The van der Waals surface area contributed by atoms with E-state index in [2.05, 4.69) is 10.6 Å². The van der Waals surface area contributed by atoms with Gasteiger partial charge in [0.1, 0.15) is 11.9 Å². The molecule has 0 saturated heterocycles. The van der Waals surface area contributed by atoms with Crippen LogP contribution in [0.25, 0.3) is 0 Å². The first-order chi connectivity index (χ1) is 17.7. The molecule has 0 spiro atoms. The van der Waals surface area contributed by atoms with Crippen molar-refractivity contribution < 1.29 is 24.2 Å². The predicted molar refractivity (Wildman–Crippen MR) is 142 cm³/mol. The van der Waals surface area contributed by atoms with E-state index in [1.165, 1.54) is 29.7 Å². The van der Waals surface area contributed by atoms with Crippen LogP contribution in [0.4, 0.5) is 15.8 Å². The summed E-state index contributed by atoms with van der Waals surface area (Å²) in [6.07, 6.45) is 2.35. The number of fused-ring (bicyclic) bond motifs is 1. The quantitative estimate of drug-likeness (QED) is 0.280. The standard InChI is InChI=1S/C27H28FN5O3S/c1-3-21(31-25(34)16-5-7-20(30)17(10-16)13-29)27(36)33-9-8-23-18(14-33)11-24(37-23)26(35)32-22-12-19(28)6-4-15(22)2/h4-7,10-13,21,29H,3,8-9,14,30H2,1-2H3,(H,31,34)(H,32,35)/p+1/t21-/m1/s1. The third-order valence-corrected chi connectivity index (χ3v) is 7.63. The monoisotopic (exact) mass is 522 g/mol. The molecular formula is C27H29FN5O3S+. The molecule has 0 bridgehead atoms. The van der Waals surface area contributed by atoms with E-state index in [4.69, 9.17) is 11.1 Å². The van der Waals surface area contributed by atoms with Crippen molar-refractivity contribution in [3.8, 4) is 0 Å². The molecule has 3 aromatic rings. The topological polar surface area (TPSA) is 130 Å². The molecule has 192 valence electrons. The van der Waals surface area contributed by atoms with Crippen molar-refractivity contribution in [2.75, 3.05) is 17.6 Å². The summed E-state index contributed by atoms with van der Waals surface area (Å²) in [7, 11) is 0. The zero-order chi connectivity index (χ0) is 26.7. The van der Waals surface area contributed by atoms with E-state index >= 15 is 0 Å². The number of carbonyl (C=O) groups excluding carboxylic acids is 3. The van der Waals surface area contributed by atoms with Crippen LogP contribution >= 0.6 is 11.3 Å². The molecular weight excluding hydrogens is 493 g/mol. The SMILES string of the molecule is CC[C@@H](NC(=O)c1ccc(N)c(C=[NH2+])c1)C(=O)N1CCc2sc(C(=O)Nc3cc(F)ccc3C)cc2C1. The Kier molecular flexibility index (Phi) is 7.68. The number of hydrogen-bond donors (Lipinski definition) is 4. The second-order valence-electron chi connectivity index (χ2n) is 8.93. The third-order valence-electron chi connectivity index (χ3n) is 6.39. The number of nitrogens with one attached hydrogen (secondary N) is 2. The molecule has 37 heavy (non-hydrogen) atoms. The zero-order valence-electron chi connectivity index (χ0n) is 20.6. The number of anilines is 2. The highest BCUT2D eigenvalue weighted by atomic mass is 32.1. The summed E-state index contributed by atoms with van der Waals surface area (Å²) in [6, 6.07) is 10.1. The van der Waals surface area contributed by atoms with Gasteiger partial charge < -0.3 is 21.3 Å². The van der Waals surface area contributed by atoms with Crippen LogP contribution in [-0.2, 0) is 17.8 Å². The number of nitrogen functional groups attached to an aromatic ring is 1. The summed E-state index contributed by atoms with van der Waals surface area (Å²) < 4.78 is 13.6. The first-order valence-electron chi connectivity index (χ1n) is 11.9. The number of nitrogens with two attached hydrogens (primary N) is 2. The molecule has 0 aliphatic carbocycles. The van der Waals surface area contributed by atoms with Crippen molar-refractivity contribution in [1.82, 2.24) is 10.2 Å². The number of thiophene rings is 1. The number of amides is 3. The lowest BCUT2D eigenvalue weighted by Gasteiger charge is -2.30. The highest BCUT2D eigenvalue weighted by Crippen LogP contribution is 2.29. The van der Waals surface area contributed by atoms with Crippen molar-refractivity contribution in [2.24, 2.45) is 0 Å². The van der Waals surface area contributed by atoms with Gasteiger partial charge in [-0.25, -0.2) is 4.39 Å². The van der Waals surface area contributed by atoms with Gasteiger partial charge in [-0.2, -0.15) is 0 Å². The third kappa shape index (κ3) is 5.69. The molecule has 1 aliphatic heterocycles. The molecule has 0 unspecified atom stereocenters. The molecule has 2 aromatic carbocycles. The molecule has 0 saturated carbocycles. The Bertz CT molecular complexity index is 1390. The van der Waals surface area contributed by atoms with Crippen molar-refractivity contribution >= 4 is 46.6 Å². The Morgan fingerprint density at radius 2 is 1.97 bits per heavy atom. The predicted octanol–water partition coefficient (Wildman–Crippen LogP) is 2.30. The van der Waals surface area contributed by atoms with Crippen molar-refractivity contribution in [3.63, 3.8) is 0 Å². The van der Waals surface area contributed by atoms with Crippen LogP contribution in [-0.4, -0.2) is 41.4 Å². The Morgan fingerprint density at radius 1 is 1.19 bits per heavy atom. The van der Waals surface area contributed by atoms with E-state index in [0.29, 0.717) is 53.3 Å². The van der Waals surface area contributed by atoms with Crippen LogP contribution in [0.1, 0.15) is 54.9 Å². The summed E-state index contributed by atoms with van der Waals surface area (Å²) in [6.45, 7) is 4.46. The van der Waals surface area contributed by atoms with Crippen LogP contribution in [0.15, 0.2) is 42.5 Å². The molecule has 1 atom stereocenters. The van der Waals surface area contributed by atoms with Gasteiger partial charge >= 0.3 is 0 Å². The lowest BCUT2D eigenvalue weighted by molar-refractivity contribution is -0.134. The highest BCUT2D eigenvalue weighted by molar-refractivity contribution is 7.14. The Hall–Kier alpha value is -4.05. The molecule has 0 fully saturated rings. The summed E-state index contributed by atoms with van der Waals surface area (Å²) in [4.78, 5) is 42.2. The molecule has 2 heterocycles. The molecule has 4 rings (SSSR count). The fourth-order valence-electron chi connectivity index (χ4n) is 4.21. The number of nitrogens with zero attached hydrogens (tertiary/aromatic N) is 1. The van der Waals surface area contributed by atoms with E-state index < -0.39 is 11.9 Å². The van der Waals surface area contributed by atoms with Gasteiger partial charge in [-0.3, -0.25) is 19.8 Å². The molecule has 1 aromatic heterocycles. The normalized spacial score (nSPS) is 13.4. The van der Waals surface area contributed by atoms with E-state index in [9.17, 15) is 18.8 Å². The average molecular weight is 523 g/mol. The van der Waals surface area contributed by atoms with Gasteiger partial charge in [0.25, 0.3) is 11.8 Å². The average Bonchev–Trinajstić information content (AvgIpc) is 3.33. The number of benzene rings is 2. The molecule has 8 nitrogen and oxygen atoms in total. The number of carbonyl (C=O) groups is 3. The largest absolute Gasteiger partial charge is 0.398 e. The second kappa shape index (κ2) is 10.9. The van der Waals surface area contributed by atoms with Crippen molar-refractivity contribution in [1.29, 1.82) is 0 Å². The first-order valence-corrected chi connectivity index (χ1v) is 12.7. The first kappa shape index (κ1) is 26.0. The maximum absolute atomic E-state index is 13.6. The van der Waals surface area contributed by atoms with Crippen LogP contribution in [0.5, 0.6) is 0 Å². The lowest BCUT2D eigenvalue weighted by atomic mass is 10.1. The van der Waals surface area contributed by atoms with Gasteiger partial charge in [0.05, 0.1) is 10.4 Å². The minimum Gasteiger partial charge on any atom is -0.398 e. The van der Waals surface area contributed by atoms with Gasteiger partial charge in [-0.15, -0.1) is 11.3 Å². The second-order valence-corrected chi connectivity index (χ2v) is 10.1. The number of halogens is 1. The Morgan fingerprint density at radius 3 is 2.70 bits per heavy atom. The fourth-order valence-corrected chi connectivity index (χ4v) is 5.26. The Labute approximate surface area is 218 Å². The molecule has 0 radical (unpaired) electrons. The lowest BCUT2D eigenvalue weighted by Crippen LogP contribution is -2.49. The summed E-state index contributed by atoms with van der Waals surface area (Å²) in [5, 5.41) is 11.2. The zero-order valence-corrected chi connectivity index (χ0v) is 21.5. The minimum absolute atomic E-state index is 0.185. The van der Waals surface area contributed by atoms with Crippen LogP contribution in [0, 0.1) is 12.7 Å². The van der Waals surface area contributed by atoms with E-state index in [1.807, 2.05) is 6.92 Å². The number of aryl methyl sites for hydroxylation is 1. The minimum atomic E-state index is -0.700. The molecule has 3 amide bonds. The summed E-state index contributed by atoms with van der Waals surface area (Å²) in [5.41, 5.74) is 9.28. The van der Waals surface area contributed by atoms with E-state index in [0.717, 1.165) is 16.0 Å². The van der Waals surface area contributed by atoms with Crippen molar-refractivity contribution in [3.05, 3.63) is 80.3 Å². The van der Waals surface area contributed by atoms with Gasteiger partial charge in [-0.1, -0.05) is 13.0 Å². The summed E-state index contributed by atoms with van der Waals surface area (Å²) >= 11 is 1.38. The van der Waals surface area contributed by atoms with E-state index in [1.54, 1.807) is 42.2 Å². The molecule has 1 aliphatic rings. The molecule has 10 heteroatoms. The highest BCUT2D eigenvalue weighted by Gasteiger charge is 2.29. The van der Waals surface area contributed by atoms with Gasteiger partial charge in [0.15, 0.2) is 6.21 Å². The maximum atomic E-state index is 13.6. The van der Waals surface area contributed by atoms with Gasteiger partial charge in [0.2, 0.25) is 5.91 Å². The maximum Gasteiger partial charge on any atom is 0.265 e. The fraction of sp³-hybridized carbons (Fsp3) is 0.259. The van der Waals surface area contributed by atoms with Crippen LogP contribution in [0.3, 0.4) is 0 Å². The molecule has 6 N–H and O–H groups in total. The van der Waals surface area contributed by atoms with Gasteiger partial charge in [-0.05, 0) is 67.3 Å². The van der Waals surface area contributed by atoms with Crippen molar-refractivity contribution in [2.45, 2.75) is 39.3 Å². The van der Waals surface area contributed by atoms with Gasteiger partial charge in [0, 0.05) is 34.9 Å². The number of rotatable bonds is 7. The Balaban J connectivity index is 1.43. The van der Waals surface area contributed by atoms with Crippen LogP contribution in [0.2, 0.25) is 0 Å². The smallest absolute Gasteiger partial charge is 0.265 e. The summed E-state index contributed by atoms with van der Waals surface area (Å²) in [5.74, 6) is -1.31. The van der Waals surface area contributed by atoms with Crippen LogP contribution < -0.4 is 21.8 Å². The number of hydrogen-bond acceptors (Lipinski definition) is 5.